The Kier molecular flexibility index (Phi) is 4.88. The molecule has 3 heteroatoms. The molecule has 0 spiro atoms. The van der Waals surface area contributed by atoms with E-state index in [0.29, 0.717) is 6.42 Å². The first kappa shape index (κ1) is 13.4. The average Bonchev–Trinajstić information content (AvgIpc) is 2.28. The standard InChI is InChI=1S/C14H18O3/c1-3-13-11(7-10(2)9-15)5-4-6-12(13)8-14(16)17/h4-6,9-10H,3,7-8H2,1-2H3,(H,16,17). The highest BCUT2D eigenvalue weighted by molar-refractivity contribution is 5.71. The molecular formula is C14H18O3. The minimum absolute atomic E-state index is 0.0274. The summed E-state index contributed by atoms with van der Waals surface area (Å²) >= 11 is 0. The van der Waals surface area contributed by atoms with Gasteiger partial charge in [0.05, 0.1) is 6.42 Å². The number of rotatable bonds is 6. The number of aldehydes is 1. The largest absolute Gasteiger partial charge is 0.481 e. The minimum Gasteiger partial charge on any atom is -0.481 e. The Labute approximate surface area is 101 Å². The van der Waals surface area contributed by atoms with Crippen LogP contribution in [-0.2, 0) is 28.9 Å². The van der Waals surface area contributed by atoms with Crippen molar-refractivity contribution in [3.8, 4) is 0 Å². The van der Waals surface area contributed by atoms with Crippen LogP contribution in [0, 0.1) is 5.92 Å². The fraction of sp³-hybridized carbons (Fsp3) is 0.429. The molecule has 0 aliphatic rings. The van der Waals surface area contributed by atoms with Gasteiger partial charge in [-0.1, -0.05) is 32.0 Å². The van der Waals surface area contributed by atoms with Crippen molar-refractivity contribution in [2.75, 3.05) is 0 Å². The number of benzene rings is 1. The van der Waals surface area contributed by atoms with Crippen molar-refractivity contribution in [2.45, 2.75) is 33.1 Å². The highest BCUT2D eigenvalue weighted by atomic mass is 16.4. The van der Waals surface area contributed by atoms with E-state index < -0.39 is 5.97 Å². The maximum atomic E-state index is 10.8. The molecule has 0 aliphatic carbocycles. The van der Waals surface area contributed by atoms with E-state index in [1.165, 1.54) is 0 Å². The van der Waals surface area contributed by atoms with Gasteiger partial charge in [0, 0.05) is 5.92 Å². The highest BCUT2D eigenvalue weighted by Gasteiger charge is 2.11. The van der Waals surface area contributed by atoms with Crippen LogP contribution < -0.4 is 0 Å². The topological polar surface area (TPSA) is 54.4 Å². The Hall–Kier alpha value is -1.64. The van der Waals surface area contributed by atoms with Crippen molar-refractivity contribution < 1.29 is 14.7 Å². The van der Waals surface area contributed by atoms with Crippen LogP contribution in [0.25, 0.3) is 0 Å². The first-order chi connectivity index (χ1) is 8.08. The smallest absolute Gasteiger partial charge is 0.307 e. The van der Waals surface area contributed by atoms with E-state index in [1.807, 2.05) is 32.0 Å². The summed E-state index contributed by atoms with van der Waals surface area (Å²) < 4.78 is 0. The number of hydrogen-bond donors (Lipinski definition) is 1. The van der Waals surface area contributed by atoms with Crippen molar-refractivity contribution in [1.82, 2.24) is 0 Å². The van der Waals surface area contributed by atoms with Gasteiger partial charge >= 0.3 is 5.97 Å². The lowest BCUT2D eigenvalue weighted by molar-refractivity contribution is -0.136. The third-order valence-electron chi connectivity index (χ3n) is 2.84. The zero-order chi connectivity index (χ0) is 12.8. The Morgan fingerprint density at radius 3 is 2.59 bits per heavy atom. The zero-order valence-corrected chi connectivity index (χ0v) is 10.3. The van der Waals surface area contributed by atoms with Crippen LogP contribution in [0.1, 0.15) is 30.5 Å². The molecule has 0 radical (unpaired) electrons. The Balaban J connectivity index is 3.04. The lowest BCUT2D eigenvalue weighted by Gasteiger charge is -2.13. The molecule has 1 N–H and O–H groups in total. The van der Waals surface area contributed by atoms with Crippen LogP contribution in [0.5, 0.6) is 0 Å². The predicted molar refractivity (Wildman–Crippen MR) is 66.1 cm³/mol. The molecule has 1 atom stereocenters. The summed E-state index contributed by atoms with van der Waals surface area (Å²) in [5.41, 5.74) is 3.02. The van der Waals surface area contributed by atoms with Gasteiger partial charge in [-0.05, 0) is 29.5 Å². The van der Waals surface area contributed by atoms with Crippen molar-refractivity contribution >= 4 is 12.3 Å². The molecule has 0 amide bonds. The van der Waals surface area contributed by atoms with Crippen LogP contribution in [0.3, 0.4) is 0 Å². The summed E-state index contributed by atoms with van der Waals surface area (Å²) in [6.07, 6.45) is 2.46. The van der Waals surface area contributed by atoms with E-state index in [-0.39, 0.29) is 12.3 Å². The normalized spacial score (nSPS) is 12.1. The van der Waals surface area contributed by atoms with Gasteiger partial charge in [-0.15, -0.1) is 0 Å². The van der Waals surface area contributed by atoms with Gasteiger partial charge in [-0.3, -0.25) is 4.79 Å². The van der Waals surface area contributed by atoms with E-state index in [1.54, 1.807) is 0 Å². The second-order valence-electron chi connectivity index (χ2n) is 4.30. The Bertz CT molecular complexity index is 410. The van der Waals surface area contributed by atoms with Crippen LogP contribution in [0.15, 0.2) is 18.2 Å². The minimum atomic E-state index is -0.819. The zero-order valence-electron chi connectivity index (χ0n) is 10.3. The van der Waals surface area contributed by atoms with Crippen LogP contribution >= 0.6 is 0 Å². The summed E-state index contributed by atoms with van der Waals surface area (Å²) in [5.74, 6) is -0.847. The molecule has 1 aromatic carbocycles. The molecule has 0 bridgehead atoms. The fourth-order valence-corrected chi connectivity index (χ4v) is 2.06. The molecule has 17 heavy (non-hydrogen) atoms. The molecule has 0 saturated carbocycles. The van der Waals surface area contributed by atoms with E-state index >= 15 is 0 Å². The van der Waals surface area contributed by atoms with Gasteiger partial charge in [0.1, 0.15) is 6.29 Å². The molecule has 3 nitrogen and oxygen atoms in total. The summed E-state index contributed by atoms with van der Waals surface area (Å²) in [5, 5.41) is 8.85. The third kappa shape index (κ3) is 3.70. The maximum absolute atomic E-state index is 10.8. The molecule has 0 heterocycles. The Morgan fingerprint density at radius 2 is 2.06 bits per heavy atom. The van der Waals surface area contributed by atoms with E-state index in [0.717, 1.165) is 29.4 Å². The number of carbonyl (C=O) groups is 2. The van der Waals surface area contributed by atoms with Gasteiger partial charge < -0.3 is 9.90 Å². The van der Waals surface area contributed by atoms with Crippen LogP contribution in [-0.4, -0.2) is 17.4 Å². The molecule has 0 saturated heterocycles. The van der Waals surface area contributed by atoms with Gasteiger partial charge in [-0.2, -0.15) is 0 Å². The van der Waals surface area contributed by atoms with E-state index in [2.05, 4.69) is 0 Å². The second kappa shape index (κ2) is 6.18. The van der Waals surface area contributed by atoms with Crippen LogP contribution in [0.4, 0.5) is 0 Å². The van der Waals surface area contributed by atoms with Gasteiger partial charge in [0.25, 0.3) is 0 Å². The summed E-state index contributed by atoms with van der Waals surface area (Å²) in [6, 6.07) is 5.69. The SMILES string of the molecule is CCc1c(CC(=O)O)cccc1CC(C)C=O. The first-order valence-corrected chi connectivity index (χ1v) is 5.85. The molecule has 92 valence electrons. The number of carboxylic acids is 1. The van der Waals surface area contributed by atoms with Gasteiger partial charge in [0.15, 0.2) is 0 Å². The molecule has 0 aliphatic heterocycles. The molecule has 1 rings (SSSR count). The van der Waals surface area contributed by atoms with E-state index in [4.69, 9.17) is 5.11 Å². The lowest BCUT2D eigenvalue weighted by atomic mass is 9.91. The predicted octanol–water partition coefficient (Wildman–Crippen LogP) is 2.25. The quantitative estimate of drug-likeness (QED) is 0.768. The van der Waals surface area contributed by atoms with Crippen molar-refractivity contribution in [1.29, 1.82) is 0 Å². The average molecular weight is 234 g/mol. The van der Waals surface area contributed by atoms with Crippen LogP contribution in [0.2, 0.25) is 0 Å². The number of carbonyl (C=O) groups excluding carboxylic acids is 1. The van der Waals surface area contributed by atoms with Crippen molar-refractivity contribution in [3.05, 3.63) is 34.9 Å². The van der Waals surface area contributed by atoms with Crippen molar-refractivity contribution in [2.24, 2.45) is 5.92 Å². The number of carboxylic acid groups (broad SMARTS) is 1. The third-order valence-corrected chi connectivity index (χ3v) is 2.84. The molecule has 1 unspecified atom stereocenters. The monoisotopic (exact) mass is 234 g/mol. The maximum Gasteiger partial charge on any atom is 0.307 e. The van der Waals surface area contributed by atoms with Gasteiger partial charge in [-0.25, -0.2) is 0 Å². The fourth-order valence-electron chi connectivity index (χ4n) is 2.06. The second-order valence-corrected chi connectivity index (χ2v) is 4.30. The molecule has 0 aromatic heterocycles. The highest BCUT2D eigenvalue weighted by Crippen LogP contribution is 2.19. The molecule has 0 fully saturated rings. The summed E-state index contributed by atoms with van der Waals surface area (Å²) in [7, 11) is 0. The lowest BCUT2D eigenvalue weighted by Crippen LogP contribution is -2.08. The molecular weight excluding hydrogens is 216 g/mol. The summed E-state index contributed by atoms with van der Waals surface area (Å²) in [4.78, 5) is 21.4. The Morgan fingerprint density at radius 1 is 1.41 bits per heavy atom. The molecule has 1 aromatic rings. The summed E-state index contributed by atoms with van der Waals surface area (Å²) in [6.45, 7) is 3.88. The first-order valence-electron chi connectivity index (χ1n) is 5.85. The van der Waals surface area contributed by atoms with Gasteiger partial charge in [0.2, 0.25) is 0 Å². The number of hydrogen-bond acceptors (Lipinski definition) is 2. The van der Waals surface area contributed by atoms with E-state index in [9.17, 15) is 9.59 Å². The van der Waals surface area contributed by atoms with Crippen molar-refractivity contribution in [3.63, 3.8) is 0 Å². The number of aliphatic carboxylic acids is 1.